The smallest absolute Gasteiger partial charge is 0.137 e. The molecule has 2 N–H and O–H groups in total. The van der Waals surface area contributed by atoms with Crippen molar-refractivity contribution >= 4 is 26.9 Å². The summed E-state index contributed by atoms with van der Waals surface area (Å²) in [7, 11) is 0. The first-order chi connectivity index (χ1) is 9.54. The minimum absolute atomic E-state index is 0.236. The number of hydrogen-bond acceptors (Lipinski definition) is 2. The van der Waals surface area contributed by atoms with Gasteiger partial charge in [0.15, 0.2) is 0 Å². The van der Waals surface area contributed by atoms with Crippen LogP contribution < -0.4 is 5.73 Å². The van der Waals surface area contributed by atoms with Gasteiger partial charge in [0.1, 0.15) is 11.3 Å². The summed E-state index contributed by atoms with van der Waals surface area (Å²) in [6.45, 7) is 4.11. The fourth-order valence-corrected chi connectivity index (χ4v) is 3.07. The zero-order chi connectivity index (χ0) is 14.3. The minimum atomic E-state index is -0.236. The van der Waals surface area contributed by atoms with Gasteiger partial charge in [0, 0.05) is 9.86 Å². The SMILES string of the molecule is Cc1cccc(C(N)c2cc3cc(Br)cc(C)c3o2)c1. The van der Waals surface area contributed by atoms with Gasteiger partial charge in [0.25, 0.3) is 0 Å². The lowest BCUT2D eigenvalue weighted by Crippen LogP contribution is -2.10. The van der Waals surface area contributed by atoms with Gasteiger partial charge in [-0.1, -0.05) is 45.8 Å². The monoisotopic (exact) mass is 329 g/mol. The third kappa shape index (κ3) is 2.39. The van der Waals surface area contributed by atoms with Gasteiger partial charge in [-0.2, -0.15) is 0 Å². The predicted molar refractivity (Wildman–Crippen MR) is 85.9 cm³/mol. The lowest BCUT2D eigenvalue weighted by molar-refractivity contribution is 0.523. The maximum absolute atomic E-state index is 6.33. The Morgan fingerprint density at radius 3 is 2.65 bits per heavy atom. The van der Waals surface area contributed by atoms with Crippen molar-refractivity contribution in [3.8, 4) is 0 Å². The predicted octanol–water partition coefficient (Wildman–Crippen LogP) is 4.86. The minimum Gasteiger partial charge on any atom is -0.459 e. The maximum atomic E-state index is 6.33. The Hall–Kier alpha value is -1.58. The third-order valence-corrected chi connectivity index (χ3v) is 3.95. The first-order valence-electron chi connectivity index (χ1n) is 6.56. The van der Waals surface area contributed by atoms with Gasteiger partial charge in [-0.3, -0.25) is 0 Å². The molecule has 20 heavy (non-hydrogen) atoms. The summed E-state index contributed by atoms with van der Waals surface area (Å²) in [5.41, 5.74) is 10.6. The Balaban J connectivity index is 2.08. The second-order valence-corrected chi connectivity index (χ2v) is 6.10. The first kappa shape index (κ1) is 13.4. The van der Waals surface area contributed by atoms with Gasteiger partial charge < -0.3 is 10.2 Å². The Labute approximate surface area is 126 Å². The molecule has 0 radical (unpaired) electrons. The number of aryl methyl sites for hydroxylation is 2. The van der Waals surface area contributed by atoms with E-state index in [4.69, 9.17) is 10.2 Å². The van der Waals surface area contributed by atoms with E-state index in [1.54, 1.807) is 0 Å². The zero-order valence-corrected chi connectivity index (χ0v) is 13.1. The van der Waals surface area contributed by atoms with E-state index in [1.807, 2.05) is 31.2 Å². The summed E-state index contributed by atoms with van der Waals surface area (Å²) in [6.07, 6.45) is 0. The van der Waals surface area contributed by atoms with Gasteiger partial charge in [0.05, 0.1) is 6.04 Å². The molecule has 1 atom stereocenters. The number of rotatable bonds is 2. The van der Waals surface area contributed by atoms with E-state index in [0.717, 1.165) is 32.3 Å². The highest BCUT2D eigenvalue weighted by Crippen LogP contribution is 2.31. The lowest BCUT2D eigenvalue weighted by atomic mass is 10.0. The molecular formula is C17H16BrNO. The molecule has 0 aliphatic carbocycles. The van der Waals surface area contributed by atoms with E-state index in [1.165, 1.54) is 5.56 Å². The van der Waals surface area contributed by atoms with Crippen molar-refractivity contribution in [3.05, 3.63) is 69.4 Å². The van der Waals surface area contributed by atoms with E-state index in [-0.39, 0.29) is 6.04 Å². The van der Waals surface area contributed by atoms with Gasteiger partial charge >= 0.3 is 0 Å². The van der Waals surface area contributed by atoms with Crippen LogP contribution in [0.1, 0.15) is 28.5 Å². The van der Waals surface area contributed by atoms with Gasteiger partial charge in [-0.15, -0.1) is 0 Å². The second kappa shape index (κ2) is 5.08. The van der Waals surface area contributed by atoms with E-state index in [0.29, 0.717) is 0 Å². The van der Waals surface area contributed by atoms with Crippen LogP contribution in [0.25, 0.3) is 11.0 Å². The van der Waals surface area contributed by atoms with Crippen LogP contribution >= 0.6 is 15.9 Å². The van der Waals surface area contributed by atoms with Crippen LogP contribution in [0.4, 0.5) is 0 Å². The van der Waals surface area contributed by atoms with Crippen molar-refractivity contribution in [3.63, 3.8) is 0 Å². The molecule has 3 heteroatoms. The molecule has 0 saturated heterocycles. The topological polar surface area (TPSA) is 39.2 Å². The molecule has 0 spiro atoms. The standard InChI is InChI=1S/C17H16BrNO/c1-10-4-3-5-12(6-10)16(19)15-9-13-8-14(18)7-11(2)17(13)20-15/h3-9,16H,19H2,1-2H3. The van der Waals surface area contributed by atoms with Gasteiger partial charge in [0.2, 0.25) is 0 Å². The Morgan fingerprint density at radius 2 is 1.90 bits per heavy atom. The largest absolute Gasteiger partial charge is 0.459 e. The fraction of sp³-hybridized carbons (Fsp3) is 0.176. The Kier molecular flexibility index (Phi) is 3.40. The van der Waals surface area contributed by atoms with Crippen LogP contribution in [0, 0.1) is 13.8 Å². The average molecular weight is 330 g/mol. The number of benzene rings is 2. The number of hydrogen-bond donors (Lipinski definition) is 1. The van der Waals surface area contributed by atoms with Crippen LogP contribution in [0.15, 0.2) is 51.4 Å². The lowest BCUT2D eigenvalue weighted by Gasteiger charge is -2.09. The summed E-state index contributed by atoms with van der Waals surface area (Å²) >= 11 is 3.51. The molecule has 0 aliphatic heterocycles. The Morgan fingerprint density at radius 1 is 1.10 bits per heavy atom. The molecule has 0 aliphatic rings. The highest BCUT2D eigenvalue weighted by molar-refractivity contribution is 9.10. The highest BCUT2D eigenvalue weighted by atomic mass is 79.9. The second-order valence-electron chi connectivity index (χ2n) is 5.18. The molecule has 102 valence electrons. The zero-order valence-electron chi connectivity index (χ0n) is 11.5. The number of fused-ring (bicyclic) bond motifs is 1. The van der Waals surface area contributed by atoms with E-state index < -0.39 is 0 Å². The summed E-state index contributed by atoms with van der Waals surface area (Å²) < 4.78 is 7.02. The molecule has 1 aromatic heterocycles. The quantitative estimate of drug-likeness (QED) is 0.729. The average Bonchev–Trinajstić information content (AvgIpc) is 2.82. The highest BCUT2D eigenvalue weighted by Gasteiger charge is 2.15. The number of nitrogens with two attached hydrogens (primary N) is 1. The number of furan rings is 1. The molecule has 0 amide bonds. The molecule has 3 aromatic rings. The maximum Gasteiger partial charge on any atom is 0.137 e. The molecule has 1 unspecified atom stereocenters. The van der Waals surface area contributed by atoms with Crippen LogP contribution in [0.5, 0.6) is 0 Å². The summed E-state index contributed by atoms with van der Waals surface area (Å²) in [5.74, 6) is 0.798. The summed E-state index contributed by atoms with van der Waals surface area (Å²) in [6, 6.07) is 14.1. The normalized spacial score (nSPS) is 12.8. The van der Waals surface area contributed by atoms with Crippen molar-refractivity contribution < 1.29 is 4.42 Å². The molecular weight excluding hydrogens is 314 g/mol. The molecule has 2 nitrogen and oxygen atoms in total. The Bertz CT molecular complexity index is 776. The molecule has 1 heterocycles. The van der Waals surface area contributed by atoms with Crippen molar-refractivity contribution in [1.82, 2.24) is 0 Å². The van der Waals surface area contributed by atoms with Crippen molar-refractivity contribution in [2.75, 3.05) is 0 Å². The van der Waals surface area contributed by atoms with Crippen LogP contribution in [-0.2, 0) is 0 Å². The van der Waals surface area contributed by atoms with E-state index in [9.17, 15) is 0 Å². The van der Waals surface area contributed by atoms with Crippen LogP contribution in [0.2, 0.25) is 0 Å². The molecule has 0 saturated carbocycles. The van der Waals surface area contributed by atoms with Crippen molar-refractivity contribution in [2.24, 2.45) is 5.73 Å². The van der Waals surface area contributed by atoms with E-state index >= 15 is 0 Å². The first-order valence-corrected chi connectivity index (χ1v) is 7.35. The summed E-state index contributed by atoms with van der Waals surface area (Å²) in [5, 5.41) is 1.08. The summed E-state index contributed by atoms with van der Waals surface area (Å²) in [4.78, 5) is 0. The van der Waals surface area contributed by atoms with E-state index in [2.05, 4.69) is 41.1 Å². The molecule has 0 bridgehead atoms. The molecule has 2 aromatic carbocycles. The van der Waals surface area contributed by atoms with Crippen LogP contribution in [0.3, 0.4) is 0 Å². The molecule has 3 rings (SSSR count). The van der Waals surface area contributed by atoms with Gasteiger partial charge in [-0.25, -0.2) is 0 Å². The molecule has 0 fully saturated rings. The fourth-order valence-electron chi connectivity index (χ4n) is 2.48. The third-order valence-electron chi connectivity index (χ3n) is 3.49. The number of halogens is 1. The van der Waals surface area contributed by atoms with Crippen LogP contribution in [-0.4, -0.2) is 0 Å². The van der Waals surface area contributed by atoms with Crippen molar-refractivity contribution in [2.45, 2.75) is 19.9 Å². The van der Waals surface area contributed by atoms with Crippen molar-refractivity contribution in [1.29, 1.82) is 0 Å². The van der Waals surface area contributed by atoms with Gasteiger partial charge in [-0.05, 0) is 43.2 Å².